The van der Waals surface area contributed by atoms with E-state index >= 15 is 0 Å². The van der Waals surface area contributed by atoms with Gasteiger partial charge in [-0.1, -0.05) is 30.3 Å². The lowest BCUT2D eigenvalue weighted by Gasteiger charge is -2.34. The fourth-order valence-electron chi connectivity index (χ4n) is 2.90. The summed E-state index contributed by atoms with van der Waals surface area (Å²) in [6.45, 7) is 1.57. The number of nitrogens with zero attached hydrogens (tertiary/aromatic N) is 5. The van der Waals surface area contributed by atoms with Crippen LogP contribution in [0, 0.1) is 50.7 Å². The maximum Gasteiger partial charge on any atom is 0.264 e. The Bertz CT molecular complexity index is 793. The molecule has 1 aromatic carbocycles. The highest BCUT2D eigenvalue weighted by atomic mass is 32.1. The van der Waals surface area contributed by atoms with Crippen LogP contribution in [0.3, 0.4) is 0 Å². The largest absolute Gasteiger partial charge is 0.375 e. The van der Waals surface area contributed by atoms with Gasteiger partial charge in [-0.3, -0.25) is 0 Å². The Labute approximate surface area is 138 Å². The van der Waals surface area contributed by atoms with Crippen molar-refractivity contribution in [2.24, 2.45) is 11.1 Å². The summed E-state index contributed by atoms with van der Waals surface area (Å²) >= 11 is 4.91. The van der Waals surface area contributed by atoms with Gasteiger partial charge in [0.05, 0.1) is 17.7 Å². The number of nitrogens with two attached hydrogens (primary N) is 1. The molecule has 7 nitrogen and oxygen atoms in total. The Kier molecular flexibility index (Phi) is 3.69. The highest BCUT2D eigenvalue weighted by Gasteiger charge is 2.74. The van der Waals surface area contributed by atoms with E-state index < -0.39 is 16.5 Å². The normalized spacial score (nSPS) is 23.8. The van der Waals surface area contributed by atoms with Crippen molar-refractivity contribution < 1.29 is 0 Å². The van der Waals surface area contributed by atoms with Gasteiger partial charge in [-0.25, -0.2) is 10.4 Å². The second kappa shape index (κ2) is 5.23. The van der Waals surface area contributed by atoms with Gasteiger partial charge in [0.25, 0.3) is 5.54 Å². The fourth-order valence-corrected chi connectivity index (χ4v) is 3.08. The molecule has 1 fully saturated rings. The van der Waals surface area contributed by atoms with Gasteiger partial charge < -0.3 is 5.73 Å². The summed E-state index contributed by atoms with van der Waals surface area (Å²) < 4.78 is 0. The van der Waals surface area contributed by atoms with Crippen LogP contribution in [0.25, 0.3) is 0 Å². The van der Waals surface area contributed by atoms with Crippen molar-refractivity contribution in [3.63, 3.8) is 0 Å². The molecule has 1 saturated heterocycles. The number of rotatable bonds is 1. The van der Waals surface area contributed by atoms with Crippen LogP contribution in [0.4, 0.5) is 0 Å². The van der Waals surface area contributed by atoms with Gasteiger partial charge in [0.2, 0.25) is 5.41 Å². The third-order valence-corrected chi connectivity index (χ3v) is 4.38. The van der Waals surface area contributed by atoms with Gasteiger partial charge in [0.15, 0.2) is 5.11 Å². The predicted octanol–water partition coefficient (Wildman–Crippen LogP) is 0.785. The molecule has 0 amide bonds. The highest BCUT2D eigenvalue weighted by molar-refractivity contribution is 7.80. The van der Waals surface area contributed by atoms with Crippen LogP contribution in [0.2, 0.25) is 0 Å². The minimum absolute atomic E-state index is 0.303. The molecule has 0 bridgehead atoms. The number of nitrogens with one attached hydrogen (secondary N) is 1. The molecule has 0 saturated carbocycles. The maximum atomic E-state index is 9.79. The Hall–Kier alpha value is -3.17. The quantitative estimate of drug-likeness (QED) is 0.724. The van der Waals surface area contributed by atoms with Crippen molar-refractivity contribution in [2.75, 3.05) is 0 Å². The molecule has 23 heavy (non-hydrogen) atoms. The first kappa shape index (κ1) is 16.2. The van der Waals surface area contributed by atoms with Crippen LogP contribution < -0.4 is 11.2 Å². The summed E-state index contributed by atoms with van der Waals surface area (Å²) in [6.07, 6.45) is 0. The zero-order valence-electron chi connectivity index (χ0n) is 12.1. The first-order chi connectivity index (χ1) is 10.9. The lowest BCUT2D eigenvalue weighted by Crippen LogP contribution is -2.57. The van der Waals surface area contributed by atoms with Crippen molar-refractivity contribution >= 4 is 17.3 Å². The predicted molar refractivity (Wildman–Crippen MR) is 83.2 cm³/mol. The molecular weight excluding hydrogens is 310 g/mol. The summed E-state index contributed by atoms with van der Waals surface area (Å²) in [6, 6.07) is 15.9. The number of hydrogen-bond acceptors (Lipinski definition) is 6. The van der Waals surface area contributed by atoms with E-state index in [1.165, 1.54) is 0 Å². The van der Waals surface area contributed by atoms with Gasteiger partial charge in [-0.15, -0.1) is 0 Å². The van der Waals surface area contributed by atoms with E-state index in [0.29, 0.717) is 5.56 Å². The Morgan fingerprint density at radius 1 is 1.09 bits per heavy atom. The molecule has 1 aromatic rings. The number of nitriles is 4. The second-order valence-corrected chi connectivity index (χ2v) is 5.60. The minimum atomic E-state index is -2.19. The van der Waals surface area contributed by atoms with Crippen molar-refractivity contribution in [2.45, 2.75) is 18.0 Å². The van der Waals surface area contributed by atoms with Crippen LogP contribution in [0.1, 0.15) is 12.5 Å². The first-order valence-electron chi connectivity index (χ1n) is 6.47. The fraction of sp³-hybridized carbons (Fsp3) is 0.267. The van der Waals surface area contributed by atoms with Crippen molar-refractivity contribution in [1.82, 2.24) is 10.4 Å². The second-order valence-electron chi connectivity index (χ2n) is 5.18. The molecule has 1 atom stereocenters. The maximum absolute atomic E-state index is 9.79. The molecule has 0 aliphatic carbocycles. The van der Waals surface area contributed by atoms with Crippen molar-refractivity contribution in [1.29, 1.82) is 21.0 Å². The van der Waals surface area contributed by atoms with Gasteiger partial charge in [-0.2, -0.15) is 21.0 Å². The van der Waals surface area contributed by atoms with Gasteiger partial charge in [-0.05, 0) is 24.7 Å². The topological polar surface area (TPSA) is 136 Å². The van der Waals surface area contributed by atoms with Gasteiger partial charge in [0, 0.05) is 0 Å². The zero-order valence-corrected chi connectivity index (χ0v) is 12.9. The molecule has 1 heterocycles. The smallest absolute Gasteiger partial charge is 0.264 e. The standard InChI is InChI=1S/C15H11N7S/c1-13(11-5-3-2-4-6-11)14(7-16,8-17)15(9-18,10-19)22(21-13)12(20)23/h2-6,21H,1H3,(H2,20,23). The van der Waals surface area contributed by atoms with E-state index in [1.54, 1.807) is 49.4 Å². The van der Waals surface area contributed by atoms with Crippen LogP contribution in [-0.2, 0) is 5.54 Å². The van der Waals surface area contributed by atoms with E-state index in [-0.39, 0.29) is 5.11 Å². The van der Waals surface area contributed by atoms with E-state index in [2.05, 4.69) is 5.43 Å². The average Bonchev–Trinajstić information content (AvgIpc) is 2.82. The van der Waals surface area contributed by atoms with Crippen molar-refractivity contribution in [3.05, 3.63) is 35.9 Å². The zero-order chi connectivity index (χ0) is 17.3. The average molecular weight is 321 g/mol. The van der Waals surface area contributed by atoms with Crippen LogP contribution >= 0.6 is 12.2 Å². The van der Waals surface area contributed by atoms with Crippen LogP contribution in [0.15, 0.2) is 30.3 Å². The third-order valence-electron chi connectivity index (χ3n) is 4.19. The molecule has 8 heteroatoms. The molecule has 0 spiro atoms. The lowest BCUT2D eigenvalue weighted by molar-refractivity contribution is 0.265. The highest BCUT2D eigenvalue weighted by Crippen LogP contribution is 2.53. The number of thiocarbonyl (C=S) groups is 1. The monoisotopic (exact) mass is 321 g/mol. The molecular formula is C15H11N7S. The summed E-state index contributed by atoms with van der Waals surface area (Å²) in [4.78, 5) is 0. The van der Waals surface area contributed by atoms with Crippen LogP contribution in [0.5, 0.6) is 0 Å². The number of benzene rings is 1. The molecule has 1 aliphatic heterocycles. The van der Waals surface area contributed by atoms with E-state index in [9.17, 15) is 21.0 Å². The molecule has 1 aliphatic rings. The Morgan fingerprint density at radius 3 is 2.00 bits per heavy atom. The van der Waals surface area contributed by atoms with Crippen LogP contribution in [-0.4, -0.2) is 15.7 Å². The molecule has 0 aromatic heterocycles. The van der Waals surface area contributed by atoms with E-state index in [4.69, 9.17) is 18.0 Å². The molecule has 3 N–H and O–H groups in total. The minimum Gasteiger partial charge on any atom is -0.375 e. The number of hydrazine groups is 1. The molecule has 0 radical (unpaired) electrons. The SMILES string of the molecule is CC1(c2ccccc2)NN(C(N)=S)C(C#N)(C#N)C1(C#N)C#N. The van der Waals surface area contributed by atoms with E-state index in [0.717, 1.165) is 5.01 Å². The van der Waals surface area contributed by atoms with Gasteiger partial charge in [0.1, 0.15) is 12.1 Å². The van der Waals surface area contributed by atoms with Gasteiger partial charge >= 0.3 is 0 Å². The summed E-state index contributed by atoms with van der Waals surface area (Å²) in [5.41, 5.74) is 3.41. The first-order valence-corrected chi connectivity index (χ1v) is 6.88. The number of hydrogen-bond donors (Lipinski definition) is 2. The Balaban J connectivity index is 2.90. The Morgan fingerprint density at radius 2 is 1.61 bits per heavy atom. The third kappa shape index (κ3) is 1.71. The summed E-state index contributed by atoms with van der Waals surface area (Å²) in [5, 5.41) is 39.5. The lowest BCUT2D eigenvalue weighted by atomic mass is 9.60. The van der Waals surface area contributed by atoms with Crippen molar-refractivity contribution in [3.8, 4) is 24.3 Å². The summed E-state index contributed by atoms with van der Waals surface area (Å²) in [7, 11) is 0. The summed E-state index contributed by atoms with van der Waals surface area (Å²) in [5.74, 6) is 0. The molecule has 1 unspecified atom stereocenters. The molecule has 112 valence electrons. The molecule has 2 rings (SSSR count). The van der Waals surface area contributed by atoms with E-state index in [1.807, 2.05) is 12.1 Å².